The molecule has 0 spiro atoms. The van der Waals surface area contributed by atoms with Crippen LogP contribution < -0.4 is 4.74 Å². The van der Waals surface area contributed by atoms with E-state index in [0.717, 1.165) is 33.8 Å². The van der Waals surface area contributed by atoms with Crippen molar-refractivity contribution in [1.82, 2.24) is 0 Å². The summed E-state index contributed by atoms with van der Waals surface area (Å²) in [5.41, 5.74) is 16.1. The number of hydrogen-bond donors (Lipinski definition) is 0. The molecule has 1 heterocycles. The topological polar surface area (TPSA) is 9.23 Å². The molecule has 1 aliphatic heterocycles. The molecular weight excluding hydrogens is 689 g/mol. The molecule has 0 bridgehead atoms. The van der Waals surface area contributed by atoms with Gasteiger partial charge in [0.05, 0.1) is 10.8 Å². The molecule has 0 unspecified atom stereocenters. The molecule has 0 N–H and O–H groups in total. The van der Waals surface area contributed by atoms with Gasteiger partial charge >= 0.3 is 0 Å². The standard InChI is InChI=1S/C56H38O/c1-5-20-43(21-6-1)55(44-22-7-2-8-23-44)49-29-14-13-28-47(49)48-34-32-41(37-51(48)55)39-18-17-19-40(36-39)42-33-35-54-52(38-42)56(45-24-9-3-10-25-45,46-26-11-4-12-27-46)50-30-15-16-31-53(50)57-54/h1-38H. The molecule has 1 heteroatoms. The average molecular weight is 727 g/mol. The van der Waals surface area contributed by atoms with E-state index in [2.05, 4.69) is 231 Å². The number of benzene rings is 9. The molecular formula is C56H38O. The zero-order valence-electron chi connectivity index (χ0n) is 31.3. The minimum absolute atomic E-state index is 0.449. The minimum atomic E-state index is -0.576. The third kappa shape index (κ3) is 4.95. The molecule has 0 atom stereocenters. The number of rotatable bonds is 6. The zero-order chi connectivity index (χ0) is 37.8. The van der Waals surface area contributed by atoms with Crippen molar-refractivity contribution in [3.05, 3.63) is 275 Å². The van der Waals surface area contributed by atoms with Crippen LogP contribution in [0.1, 0.15) is 44.5 Å². The summed E-state index contributed by atoms with van der Waals surface area (Å²) in [6.07, 6.45) is 0. The van der Waals surface area contributed by atoms with Gasteiger partial charge in [0.1, 0.15) is 11.5 Å². The number of ether oxygens (including phenoxy) is 1. The molecule has 1 nitrogen and oxygen atoms in total. The van der Waals surface area contributed by atoms with Gasteiger partial charge in [-0.05, 0) is 97.1 Å². The van der Waals surface area contributed by atoms with Crippen molar-refractivity contribution in [2.45, 2.75) is 10.8 Å². The molecule has 0 aromatic heterocycles. The first kappa shape index (κ1) is 33.1. The third-order valence-electron chi connectivity index (χ3n) is 12.3. The fourth-order valence-electron chi connectivity index (χ4n) is 9.89. The lowest BCUT2D eigenvalue weighted by atomic mass is 9.63. The molecule has 9 aromatic carbocycles. The van der Waals surface area contributed by atoms with Crippen LogP contribution in [0.4, 0.5) is 0 Å². The Morgan fingerprint density at radius 2 is 0.649 bits per heavy atom. The second-order valence-electron chi connectivity index (χ2n) is 15.2. The van der Waals surface area contributed by atoms with Crippen LogP contribution in [-0.4, -0.2) is 0 Å². The molecule has 0 fully saturated rings. The molecule has 0 radical (unpaired) electrons. The molecule has 2 aliphatic rings. The van der Waals surface area contributed by atoms with Gasteiger partial charge in [-0.3, -0.25) is 0 Å². The Hall–Kier alpha value is -7.22. The first-order valence-corrected chi connectivity index (χ1v) is 19.8. The molecule has 57 heavy (non-hydrogen) atoms. The monoisotopic (exact) mass is 726 g/mol. The van der Waals surface area contributed by atoms with Crippen molar-refractivity contribution in [2.75, 3.05) is 0 Å². The van der Waals surface area contributed by atoms with Gasteiger partial charge in [-0.2, -0.15) is 0 Å². The summed E-state index contributed by atoms with van der Waals surface area (Å²) < 4.78 is 6.72. The van der Waals surface area contributed by atoms with Gasteiger partial charge in [-0.1, -0.05) is 200 Å². The summed E-state index contributed by atoms with van der Waals surface area (Å²) >= 11 is 0. The number of para-hydroxylation sites is 1. The van der Waals surface area contributed by atoms with Crippen molar-refractivity contribution in [2.24, 2.45) is 0 Å². The van der Waals surface area contributed by atoms with Crippen molar-refractivity contribution in [3.8, 4) is 44.9 Å². The Morgan fingerprint density at radius 3 is 1.23 bits per heavy atom. The summed E-state index contributed by atoms with van der Waals surface area (Å²) in [7, 11) is 0. The summed E-state index contributed by atoms with van der Waals surface area (Å²) in [5, 5.41) is 0. The molecule has 11 rings (SSSR count). The van der Waals surface area contributed by atoms with E-state index in [4.69, 9.17) is 4.74 Å². The van der Waals surface area contributed by atoms with Crippen molar-refractivity contribution in [1.29, 1.82) is 0 Å². The van der Waals surface area contributed by atoms with Crippen molar-refractivity contribution in [3.63, 3.8) is 0 Å². The van der Waals surface area contributed by atoms with Crippen LogP contribution in [0.5, 0.6) is 11.5 Å². The van der Waals surface area contributed by atoms with E-state index < -0.39 is 10.8 Å². The van der Waals surface area contributed by atoms with Gasteiger partial charge in [0.15, 0.2) is 0 Å². The van der Waals surface area contributed by atoms with Crippen LogP contribution in [0.3, 0.4) is 0 Å². The lowest BCUT2D eigenvalue weighted by molar-refractivity contribution is 0.434. The fraction of sp³-hybridized carbons (Fsp3) is 0.0357. The Bertz CT molecular complexity index is 2830. The first-order valence-electron chi connectivity index (χ1n) is 19.8. The molecule has 0 saturated heterocycles. The smallest absolute Gasteiger partial charge is 0.132 e. The fourth-order valence-corrected chi connectivity index (χ4v) is 9.89. The highest BCUT2D eigenvalue weighted by Crippen LogP contribution is 2.58. The second kappa shape index (κ2) is 13.2. The maximum atomic E-state index is 6.72. The Balaban J connectivity index is 1.09. The quantitative estimate of drug-likeness (QED) is 0.166. The van der Waals surface area contributed by atoms with Crippen LogP contribution in [-0.2, 0) is 10.8 Å². The normalized spacial score (nSPS) is 14.0. The van der Waals surface area contributed by atoms with Gasteiger partial charge in [-0.25, -0.2) is 0 Å². The van der Waals surface area contributed by atoms with Gasteiger partial charge in [0.2, 0.25) is 0 Å². The largest absolute Gasteiger partial charge is 0.457 e. The number of fused-ring (bicyclic) bond motifs is 5. The summed E-state index contributed by atoms with van der Waals surface area (Å²) in [5.74, 6) is 1.76. The summed E-state index contributed by atoms with van der Waals surface area (Å²) in [4.78, 5) is 0. The second-order valence-corrected chi connectivity index (χ2v) is 15.2. The Labute approximate surface area is 334 Å². The molecule has 1 aliphatic carbocycles. The summed E-state index contributed by atoms with van der Waals surface area (Å²) in [6, 6.07) is 84.1. The molecule has 0 saturated carbocycles. The summed E-state index contributed by atoms with van der Waals surface area (Å²) in [6.45, 7) is 0. The van der Waals surface area contributed by atoms with Crippen LogP contribution in [0.25, 0.3) is 33.4 Å². The SMILES string of the molecule is c1ccc(C2(c3ccccc3)c3ccccc3Oc3ccc(-c4cccc(-c5ccc6c(c5)C(c5ccccc5)(c5ccccc5)c5ccccc5-6)c4)cc32)cc1. The van der Waals surface area contributed by atoms with Crippen LogP contribution in [0, 0.1) is 0 Å². The molecule has 9 aromatic rings. The van der Waals surface area contributed by atoms with Gasteiger partial charge in [0, 0.05) is 11.1 Å². The maximum absolute atomic E-state index is 6.72. The zero-order valence-corrected chi connectivity index (χ0v) is 31.3. The lowest BCUT2D eigenvalue weighted by Gasteiger charge is -2.41. The lowest BCUT2D eigenvalue weighted by Crippen LogP contribution is -2.34. The Morgan fingerprint density at radius 1 is 0.246 bits per heavy atom. The van der Waals surface area contributed by atoms with Crippen LogP contribution in [0.2, 0.25) is 0 Å². The predicted octanol–water partition coefficient (Wildman–Crippen LogP) is 13.9. The van der Waals surface area contributed by atoms with E-state index in [1.54, 1.807) is 0 Å². The van der Waals surface area contributed by atoms with E-state index in [1.165, 1.54) is 55.6 Å². The number of hydrogen-bond acceptors (Lipinski definition) is 1. The van der Waals surface area contributed by atoms with E-state index >= 15 is 0 Å². The van der Waals surface area contributed by atoms with Crippen molar-refractivity contribution >= 4 is 0 Å². The van der Waals surface area contributed by atoms with Gasteiger partial charge < -0.3 is 4.74 Å². The highest BCUT2D eigenvalue weighted by molar-refractivity contribution is 5.89. The van der Waals surface area contributed by atoms with Crippen LogP contribution >= 0.6 is 0 Å². The molecule has 0 amide bonds. The molecule has 268 valence electrons. The highest BCUT2D eigenvalue weighted by Gasteiger charge is 2.47. The van der Waals surface area contributed by atoms with E-state index in [-0.39, 0.29) is 0 Å². The maximum Gasteiger partial charge on any atom is 0.132 e. The third-order valence-corrected chi connectivity index (χ3v) is 12.3. The van der Waals surface area contributed by atoms with Crippen LogP contribution in [0.15, 0.2) is 231 Å². The highest BCUT2D eigenvalue weighted by atomic mass is 16.5. The minimum Gasteiger partial charge on any atom is -0.457 e. The first-order chi connectivity index (χ1) is 28.3. The average Bonchev–Trinajstić information content (AvgIpc) is 3.59. The predicted molar refractivity (Wildman–Crippen MR) is 233 cm³/mol. The van der Waals surface area contributed by atoms with E-state index in [1.807, 2.05) is 0 Å². The van der Waals surface area contributed by atoms with Crippen molar-refractivity contribution < 1.29 is 4.74 Å². The Kier molecular flexibility index (Phi) is 7.69. The van der Waals surface area contributed by atoms with Gasteiger partial charge in [0.25, 0.3) is 0 Å². The van der Waals surface area contributed by atoms with E-state index in [9.17, 15) is 0 Å². The van der Waals surface area contributed by atoms with Gasteiger partial charge in [-0.15, -0.1) is 0 Å². The van der Waals surface area contributed by atoms with E-state index in [0.29, 0.717) is 0 Å².